The van der Waals surface area contributed by atoms with Crippen LogP contribution in [-0.2, 0) is 20.0 Å². The van der Waals surface area contributed by atoms with E-state index in [9.17, 15) is 21.6 Å². The first kappa shape index (κ1) is 27.2. The summed E-state index contributed by atoms with van der Waals surface area (Å²) in [4.78, 5) is 12.9. The van der Waals surface area contributed by atoms with Crippen molar-refractivity contribution in [2.75, 3.05) is 14.8 Å². The smallest absolute Gasteiger partial charge is 0.261 e. The van der Waals surface area contributed by atoms with Gasteiger partial charge in [0.05, 0.1) is 21.2 Å². The fourth-order valence-corrected chi connectivity index (χ4v) is 5.90. The number of sulfonamides is 2. The molecule has 1 amide bonds. The Morgan fingerprint density at radius 3 is 1.89 bits per heavy atom. The molecule has 0 aliphatic carbocycles. The first-order chi connectivity index (χ1) is 17.9. The molecule has 0 aliphatic rings. The number of carbonyl (C=O) groups excluding carboxylic acids is 1. The zero-order valence-electron chi connectivity index (χ0n) is 20.4. The lowest BCUT2D eigenvalue weighted by atomic mass is 10.1. The second-order valence-corrected chi connectivity index (χ2v) is 12.3. The van der Waals surface area contributed by atoms with Crippen molar-refractivity contribution in [3.63, 3.8) is 0 Å². The van der Waals surface area contributed by atoms with Gasteiger partial charge in [0.1, 0.15) is 0 Å². The molecule has 0 fully saturated rings. The van der Waals surface area contributed by atoms with Crippen LogP contribution in [0.15, 0.2) is 101 Å². The van der Waals surface area contributed by atoms with Crippen LogP contribution < -0.4 is 14.8 Å². The second-order valence-electron chi connectivity index (χ2n) is 8.50. The maximum absolute atomic E-state index is 12.8. The molecule has 11 heteroatoms. The van der Waals surface area contributed by atoms with Crippen molar-refractivity contribution in [3.8, 4) is 0 Å². The molecule has 38 heavy (non-hydrogen) atoms. The van der Waals surface area contributed by atoms with E-state index in [1.807, 2.05) is 6.92 Å². The molecule has 0 spiro atoms. The van der Waals surface area contributed by atoms with Gasteiger partial charge in [0.25, 0.3) is 26.0 Å². The number of benzene rings is 4. The van der Waals surface area contributed by atoms with Crippen molar-refractivity contribution in [3.05, 3.63) is 113 Å². The number of rotatable bonds is 8. The molecule has 0 aliphatic heterocycles. The van der Waals surface area contributed by atoms with E-state index in [4.69, 9.17) is 11.6 Å². The Morgan fingerprint density at radius 1 is 0.658 bits per heavy atom. The molecule has 0 saturated carbocycles. The van der Waals surface area contributed by atoms with Crippen LogP contribution >= 0.6 is 11.6 Å². The van der Waals surface area contributed by atoms with Crippen LogP contribution in [0, 0.1) is 13.8 Å². The lowest BCUT2D eigenvalue weighted by Gasteiger charge is -2.13. The van der Waals surface area contributed by atoms with Gasteiger partial charge in [-0.1, -0.05) is 35.9 Å². The number of carbonyl (C=O) groups is 1. The standard InChI is InChI=1S/C27H24ClN3O5S2/c1-18-8-10-22(17-25(18)28)30-37(33,34)24-13-11-21(12-14-24)29-27(32)20-9-15-26(19(2)16-20)31-38(35,36)23-6-4-3-5-7-23/h3-17,30-31H,1-2H3,(H,29,32). The Kier molecular flexibility index (Phi) is 7.77. The summed E-state index contributed by atoms with van der Waals surface area (Å²) in [5.74, 6) is -0.436. The number of nitrogens with one attached hydrogen (secondary N) is 3. The van der Waals surface area contributed by atoms with Crippen molar-refractivity contribution in [1.82, 2.24) is 0 Å². The molecule has 4 aromatic rings. The van der Waals surface area contributed by atoms with Crippen molar-refractivity contribution < 1.29 is 21.6 Å². The summed E-state index contributed by atoms with van der Waals surface area (Å²) in [6.07, 6.45) is 0. The van der Waals surface area contributed by atoms with Gasteiger partial charge in [-0.15, -0.1) is 0 Å². The van der Waals surface area contributed by atoms with E-state index in [0.717, 1.165) is 5.56 Å². The molecule has 0 heterocycles. The van der Waals surface area contributed by atoms with Crippen molar-refractivity contribution in [2.45, 2.75) is 23.6 Å². The Labute approximate surface area is 226 Å². The molecule has 0 aromatic heterocycles. The zero-order valence-corrected chi connectivity index (χ0v) is 22.8. The number of amides is 1. The van der Waals surface area contributed by atoms with E-state index < -0.39 is 26.0 Å². The van der Waals surface area contributed by atoms with Gasteiger partial charge >= 0.3 is 0 Å². The lowest BCUT2D eigenvalue weighted by Crippen LogP contribution is -2.16. The number of halogens is 1. The summed E-state index contributed by atoms with van der Waals surface area (Å²) >= 11 is 6.08. The van der Waals surface area contributed by atoms with Gasteiger partial charge < -0.3 is 5.32 Å². The van der Waals surface area contributed by atoms with E-state index in [0.29, 0.717) is 33.2 Å². The maximum Gasteiger partial charge on any atom is 0.261 e. The third-order valence-electron chi connectivity index (χ3n) is 5.63. The zero-order chi connectivity index (χ0) is 27.5. The van der Waals surface area contributed by atoms with E-state index in [1.54, 1.807) is 43.3 Å². The molecule has 0 bridgehead atoms. The van der Waals surface area contributed by atoms with Crippen LogP contribution in [0.1, 0.15) is 21.5 Å². The van der Waals surface area contributed by atoms with Crippen LogP contribution in [0.4, 0.5) is 17.1 Å². The van der Waals surface area contributed by atoms with Crippen molar-refractivity contribution in [2.24, 2.45) is 0 Å². The molecule has 0 atom stereocenters. The SMILES string of the molecule is Cc1ccc(NS(=O)(=O)c2ccc(NC(=O)c3ccc(NS(=O)(=O)c4ccccc4)c(C)c3)cc2)cc1Cl. The van der Waals surface area contributed by atoms with E-state index in [2.05, 4.69) is 14.8 Å². The minimum absolute atomic E-state index is 0.0121. The Hall–Kier alpha value is -3.86. The predicted octanol–water partition coefficient (Wildman–Crippen LogP) is 5.81. The first-order valence-electron chi connectivity index (χ1n) is 11.3. The van der Waals surface area contributed by atoms with Gasteiger partial charge in [0.15, 0.2) is 0 Å². The minimum Gasteiger partial charge on any atom is -0.322 e. The largest absolute Gasteiger partial charge is 0.322 e. The molecule has 0 saturated heterocycles. The summed E-state index contributed by atoms with van der Waals surface area (Å²) in [6, 6.07) is 23.1. The monoisotopic (exact) mass is 569 g/mol. The normalized spacial score (nSPS) is 11.6. The molecule has 0 unspecified atom stereocenters. The fourth-order valence-electron chi connectivity index (χ4n) is 3.51. The van der Waals surface area contributed by atoms with Gasteiger partial charge in [-0.05, 0) is 91.7 Å². The number of hydrogen-bond acceptors (Lipinski definition) is 5. The van der Waals surface area contributed by atoms with Crippen LogP contribution in [0.5, 0.6) is 0 Å². The van der Waals surface area contributed by atoms with Crippen LogP contribution in [-0.4, -0.2) is 22.7 Å². The van der Waals surface area contributed by atoms with Gasteiger partial charge in [-0.25, -0.2) is 16.8 Å². The Bertz CT molecular complexity index is 1710. The average Bonchev–Trinajstić information content (AvgIpc) is 2.88. The van der Waals surface area contributed by atoms with Crippen molar-refractivity contribution in [1.29, 1.82) is 0 Å². The van der Waals surface area contributed by atoms with E-state index in [1.165, 1.54) is 54.6 Å². The lowest BCUT2D eigenvalue weighted by molar-refractivity contribution is 0.102. The van der Waals surface area contributed by atoms with E-state index >= 15 is 0 Å². The third-order valence-corrected chi connectivity index (χ3v) is 8.82. The Morgan fingerprint density at radius 2 is 1.26 bits per heavy atom. The quantitative estimate of drug-likeness (QED) is 0.247. The number of aryl methyl sites for hydroxylation is 2. The second kappa shape index (κ2) is 10.9. The van der Waals surface area contributed by atoms with Crippen LogP contribution in [0.25, 0.3) is 0 Å². The molecular formula is C27H24ClN3O5S2. The van der Waals surface area contributed by atoms with Crippen LogP contribution in [0.3, 0.4) is 0 Å². The highest BCUT2D eigenvalue weighted by Crippen LogP contribution is 2.24. The van der Waals surface area contributed by atoms with Crippen molar-refractivity contribution >= 4 is 54.6 Å². The highest BCUT2D eigenvalue weighted by atomic mass is 35.5. The van der Waals surface area contributed by atoms with Gasteiger partial charge in [-0.3, -0.25) is 14.2 Å². The van der Waals surface area contributed by atoms with Gasteiger partial charge in [0, 0.05) is 16.3 Å². The molecule has 0 radical (unpaired) electrons. The minimum atomic E-state index is -3.86. The molecule has 4 rings (SSSR count). The summed E-state index contributed by atoms with van der Waals surface area (Å²) < 4.78 is 55.7. The average molecular weight is 570 g/mol. The summed E-state index contributed by atoms with van der Waals surface area (Å²) in [5.41, 5.74) is 2.76. The summed E-state index contributed by atoms with van der Waals surface area (Å²) in [7, 11) is -7.63. The summed E-state index contributed by atoms with van der Waals surface area (Å²) in [6.45, 7) is 3.50. The fraction of sp³-hybridized carbons (Fsp3) is 0.0741. The van der Waals surface area contributed by atoms with Gasteiger partial charge in [-0.2, -0.15) is 0 Å². The highest BCUT2D eigenvalue weighted by Gasteiger charge is 2.17. The van der Waals surface area contributed by atoms with E-state index in [-0.39, 0.29) is 9.79 Å². The summed E-state index contributed by atoms with van der Waals surface area (Å²) in [5, 5.41) is 3.16. The Balaban J connectivity index is 1.44. The molecule has 196 valence electrons. The number of hydrogen-bond donors (Lipinski definition) is 3. The number of anilines is 3. The van der Waals surface area contributed by atoms with Crippen LogP contribution in [0.2, 0.25) is 5.02 Å². The molecular weight excluding hydrogens is 546 g/mol. The molecule has 4 aromatic carbocycles. The van der Waals surface area contributed by atoms with Gasteiger partial charge in [0.2, 0.25) is 0 Å². The topological polar surface area (TPSA) is 121 Å². The highest BCUT2D eigenvalue weighted by molar-refractivity contribution is 7.93. The molecule has 8 nitrogen and oxygen atoms in total. The third kappa shape index (κ3) is 6.34. The first-order valence-corrected chi connectivity index (χ1v) is 14.7. The predicted molar refractivity (Wildman–Crippen MR) is 150 cm³/mol. The molecule has 3 N–H and O–H groups in total. The maximum atomic E-state index is 12.8.